The number of urea groups is 6. The Hall–Kier alpha value is -6.40. The third-order valence-corrected chi connectivity index (χ3v) is 5.40. The number of nitrogen functional groups attached to an aromatic ring is 1. The Labute approximate surface area is 240 Å². The van der Waals surface area contributed by atoms with E-state index >= 15 is 0 Å². The fourth-order valence-electron chi connectivity index (χ4n) is 3.45. The minimum absolute atomic E-state index is 0.0386. The SMILES string of the molecule is Nc1ccc(N2C(=O)N=NC2=O)cc1.O=C1N=NC(=O)N1c1ccc(COO)cc1.O=C1N=NC(=O)N1c1ccccc1. The summed E-state index contributed by atoms with van der Waals surface area (Å²) in [5, 5.41) is 27.0. The maximum atomic E-state index is 11.2. The lowest BCUT2D eigenvalue weighted by molar-refractivity contribution is -0.253. The van der Waals surface area contributed by atoms with Crippen molar-refractivity contribution in [1.29, 1.82) is 0 Å². The number of hydrogen-bond acceptors (Lipinski definition) is 9. The molecule has 0 aliphatic carbocycles. The van der Waals surface area contributed by atoms with Crippen molar-refractivity contribution < 1.29 is 38.9 Å². The smallest absolute Gasteiger partial charge is 0.375 e. The number of rotatable bonds is 5. The quantitative estimate of drug-likeness (QED) is 0.197. The number of hydrogen-bond donors (Lipinski definition) is 2. The Bertz CT molecular complexity index is 1600. The highest BCUT2D eigenvalue weighted by Crippen LogP contribution is 2.23. The molecule has 0 spiro atoms. The second-order valence-corrected chi connectivity index (χ2v) is 8.17. The number of imide groups is 3. The molecule has 0 aromatic heterocycles. The fraction of sp³-hybridized carbons (Fsp3) is 0.0400. The van der Waals surface area contributed by atoms with Gasteiger partial charge in [0.25, 0.3) is 0 Å². The number of nitrogens with zero attached hydrogens (tertiary/aromatic N) is 9. The molecule has 18 nitrogen and oxygen atoms in total. The summed E-state index contributed by atoms with van der Waals surface area (Å²) in [7, 11) is 0. The number of anilines is 4. The first-order valence-electron chi connectivity index (χ1n) is 11.8. The molecular formula is C25H18N10O8. The van der Waals surface area contributed by atoms with E-state index in [0.29, 0.717) is 28.3 Å². The summed E-state index contributed by atoms with van der Waals surface area (Å²) in [4.78, 5) is 73.2. The Morgan fingerprint density at radius 1 is 0.512 bits per heavy atom. The second kappa shape index (κ2) is 13.3. The zero-order valence-electron chi connectivity index (χ0n) is 21.6. The molecule has 0 atom stereocenters. The lowest BCUT2D eigenvalue weighted by Gasteiger charge is -2.10. The maximum Gasteiger partial charge on any atom is 0.375 e. The molecule has 0 radical (unpaired) electrons. The van der Waals surface area contributed by atoms with Crippen molar-refractivity contribution in [2.45, 2.75) is 6.61 Å². The van der Waals surface area contributed by atoms with E-state index in [-0.39, 0.29) is 6.61 Å². The van der Waals surface area contributed by atoms with Crippen LogP contribution in [0.4, 0.5) is 51.5 Å². The van der Waals surface area contributed by atoms with Gasteiger partial charge < -0.3 is 5.73 Å². The standard InChI is InChI=1S/C9H7N3O4.C8H6N4O2.C8H5N3O2/c13-8-10-11-9(14)12(8)7-3-1-6(2-4-7)5-16-15;9-5-1-3-6(4-2-5)12-7(13)10-11-8(12)14;12-7-9-10-8(13)11(7)6-4-2-1-3-5-6/h1-4,15H,5H2;1-4H,9H2;1-5H. The molecule has 3 aliphatic rings. The van der Waals surface area contributed by atoms with Gasteiger partial charge in [-0.25, -0.2) is 48.4 Å². The molecule has 6 rings (SSSR count). The van der Waals surface area contributed by atoms with E-state index in [1.54, 1.807) is 78.9 Å². The monoisotopic (exact) mass is 586 g/mol. The van der Waals surface area contributed by atoms with Gasteiger partial charge in [-0.15, -0.1) is 0 Å². The normalized spacial score (nSPS) is 15.2. The molecule has 0 saturated carbocycles. The summed E-state index contributed by atoms with van der Waals surface area (Å²) in [5.41, 5.74) is 8.01. The van der Waals surface area contributed by atoms with Crippen LogP contribution in [0.1, 0.15) is 5.56 Å². The zero-order valence-corrected chi connectivity index (χ0v) is 21.6. The average molecular weight is 586 g/mol. The van der Waals surface area contributed by atoms with Crippen LogP contribution < -0.4 is 20.4 Å². The number of nitrogens with two attached hydrogens (primary N) is 1. The van der Waals surface area contributed by atoms with E-state index in [9.17, 15) is 28.8 Å². The molecule has 3 N–H and O–H groups in total. The Balaban J connectivity index is 0.000000148. The predicted molar refractivity (Wildman–Crippen MR) is 146 cm³/mol. The third kappa shape index (κ3) is 7.03. The summed E-state index contributed by atoms with van der Waals surface area (Å²) in [6.45, 7) is 0.0386. The lowest BCUT2D eigenvalue weighted by atomic mass is 10.2. The van der Waals surface area contributed by atoms with Crippen LogP contribution in [0.25, 0.3) is 0 Å². The zero-order chi connectivity index (χ0) is 30.9. The van der Waals surface area contributed by atoms with Gasteiger partial charge in [0, 0.05) is 5.69 Å². The molecule has 3 aliphatic heterocycles. The Kier molecular flexibility index (Phi) is 9.15. The number of benzene rings is 3. The van der Waals surface area contributed by atoms with Crippen molar-refractivity contribution >= 4 is 58.9 Å². The molecule has 0 unspecified atom stereocenters. The summed E-state index contributed by atoms with van der Waals surface area (Å²) in [6.07, 6.45) is 0. The number of carbonyl (C=O) groups excluding carboxylic acids is 6. The highest BCUT2D eigenvalue weighted by Gasteiger charge is 2.30. The van der Waals surface area contributed by atoms with Crippen molar-refractivity contribution in [3.8, 4) is 0 Å². The van der Waals surface area contributed by atoms with E-state index in [2.05, 4.69) is 35.6 Å². The third-order valence-electron chi connectivity index (χ3n) is 5.40. The van der Waals surface area contributed by atoms with Crippen LogP contribution in [0.5, 0.6) is 0 Å². The minimum atomic E-state index is -0.712. The molecule has 43 heavy (non-hydrogen) atoms. The van der Waals surface area contributed by atoms with Gasteiger partial charge in [0.15, 0.2) is 0 Å². The molecule has 0 fully saturated rings. The van der Waals surface area contributed by atoms with Gasteiger partial charge in [0.2, 0.25) is 0 Å². The topological polar surface area (TPSA) is 242 Å². The van der Waals surface area contributed by atoms with Gasteiger partial charge >= 0.3 is 36.2 Å². The predicted octanol–water partition coefficient (Wildman–Crippen LogP) is 6.17. The molecular weight excluding hydrogens is 568 g/mol. The molecule has 12 amide bonds. The summed E-state index contributed by atoms with van der Waals surface area (Å²) < 4.78 is 0. The van der Waals surface area contributed by atoms with Crippen LogP contribution in [-0.2, 0) is 11.5 Å². The first-order chi connectivity index (χ1) is 20.7. The number of azo groups is 3. The Morgan fingerprint density at radius 3 is 1.19 bits per heavy atom. The number of carbonyl (C=O) groups is 6. The van der Waals surface area contributed by atoms with Gasteiger partial charge in [0.1, 0.15) is 6.61 Å². The first-order valence-corrected chi connectivity index (χ1v) is 11.8. The van der Waals surface area contributed by atoms with Crippen molar-refractivity contribution in [1.82, 2.24) is 0 Å². The lowest BCUT2D eigenvalue weighted by Crippen LogP contribution is -2.27. The van der Waals surface area contributed by atoms with Crippen LogP contribution in [-0.4, -0.2) is 41.4 Å². The number of amides is 12. The largest absolute Gasteiger partial charge is 0.399 e. The molecule has 0 saturated heterocycles. The van der Waals surface area contributed by atoms with E-state index in [1.165, 1.54) is 0 Å². The van der Waals surface area contributed by atoms with Crippen molar-refractivity contribution in [2.24, 2.45) is 30.7 Å². The molecule has 0 bridgehead atoms. The van der Waals surface area contributed by atoms with E-state index in [1.807, 2.05) is 0 Å². The minimum Gasteiger partial charge on any atom is -0.399 e. The maximum absolute atomic E-state index is 11.2. The van der Waals surface area contributed by atoms with Crippen molar-refractivity contribution in [3.05, 3.63) is 84.4 Å². The van der Waals surface area contributed by atoms with Gasteiger partial charge in [-0.1, -0.05) is 61.0 Å². The Morgan fingerprint density at radius 2 is 0.837 bits per heavy atom. The van der Waals surface area contributed by atoms with E-state index < -0.39 is 36.2 Å². The molecule has 3 aromatic rings. The van der Waals surface area contributed by atoms with Crippen molar-refractivity contribution in [3.63, 3.8) is 0 Å². The first kappa shape index (κ1) is 29.6. The summed E-state index contributed by atoms with van der Waals surface area (Å²) >= 11 is 0. The highest BCUT2D eigenvalue weighted by molar-refractivity contribution is 6.18. The molecule has 3 aromatic carbocycles. The molecule has 18 heteroatoms. The fourth-order valence-corrected chi connectivity index (χ4v) is 3.45. The second-order valence-electron chi connectivity index (χ2n) is 8.17. The molecule has 3 heterocycles. The van der Waals surface area contributed by atoms with Crippen LogP contribution in [0.3, 0.4) is 0 Å². The summed E-state index contributed by atoms with van der Waals surface area (Å²) in [6, 6.07) is 17.1. The van der Waals surface area contributed by atoms with Crippen LogP contribution in [0, 0.1) is 0 Å². The highest BCUT2D eigenvalue weighted by atomic mass is 17.1. The average Bonchev–Trinajstić information content (AvgIpc) is 3.65. The molecule has 216 valence electrons. The van der Waals surface area contributed by atoms with Gasteiger partial charge in [0.05, 0.1) is 17.1 Å². The van der Waals surface area contributed by atoms with Gasteiger partial charge in [-0.05, 0) is 54.1 Å². The van der Waals surface area contributed by atoms with Gasteiger partial charge in [-0.3, -0.25) is 5.26 Å². The van der Waals surface area contributed by atoms with Crippen molar-refractivity contribution in [2.75, 3.05) is 20.4 Å². The van der Waals surface area contributed by atoms with E-state index in [4.69, 9.17) is 11.0 Å². The van der Waals surface area contributed by atoms with E-state index in [0.717, 1.165) is 14.7 Å². The number of para-hydroxylation sites is 1. The summed E-state index contributed by atoms with van der Waals surface area (Å²) in [5.74, 6) is 0. The van der Waals surface area contributed by atoms with Crippen LogP contribution in [0.2, 0.25) is 0 Å². The van der Waals surface area contributed by atoms with Crippen LogP contribution in [0.15, 0.2) is 110 Å². The van der Waals surface area contributed by atoms with Crippen LogP contribution >= 0.6 is 0 Å². The van der Waals surface area contributed by atoms with Gasteiger partial charge in [-0.2, -0.15) is 0 Å².